The molecule has 64 valence electrons. The average molecular weight is 200 g/mol. The molecule has 12 heavy (non-hydrogen) atoms. The first-order chi connectivity index (χ1) is 5.70. The summed E-state index contributed by atoms with van der Waals surface area (Å²) in [6.07, 6.45) is 0. The molecule has 0 unspecified atom stereocenters. The molecule has 0 fully saturated rings. The summed E-state index contributed by atoms with van der Waals surface area (Å²) < 4.78 is 6.26. The molecule has 1 rings (SSSR count). The van der Waals surface area contributed by atoms with Crippen molar-refractivity contribution in [1.82, 2.24) is 0 Å². The molecule has 0 atom stereocenters. The van der Waals surface area contributed by atoms with Gasteiger partial charge >= 0.3 is 81.0 Å². The fraction of sp³-hybridized carbons (Fsp3) is 0.300. The zero-order valence-corrected chi connectivity index (χ0v) is 8.61. The van der Waals surface area contributed by atoms with Crippen molar-refractivity contribution >= 4 is 4.57 Å². The Morgan fingerprint density at radius 3 is 2.67 bits per heavy atom. The first-order valence-electron chi connectivity index (χ1n) is 3.88. The van der Waals surface area contributed by atoms with E-state index in [2.05, 4.69) is 34.9 Å². The van der Waals surface area contributed by atoms with Gasteiger partial charge in [0, 0.05) is 0 Å². The van der Waals surface area contributed by atoms with Crippen molar-refractivity contribution in [1.29, 1.82) is 0 Å². The van der Waals surface area contributed by atoms with E-state index in [4.69, 9.17) is 4.74 Å². The molecule has 0 N–H and O–H groups in total. The summed E-state index contributed by atoms with van der Waals surface area (Å²) in [6.45, 7) is 4.66. The quantitative estimate of drug-likeness (QED) is 0.726. The van der Waals surface area contributed by atoms with Gasteiger partial charge in [0.1, 0.15) is 0 Å². The van der Waals surface area contributed by atoms with Gasteiger partial charge < -0.3 is 0 Å². The summed E-state index contributed by atoms with van der Waals surface area (Å²) in [7, 11) is 0. The molecule has 0 heterocycles. The predicted octanol–water partition coefficient (Wildman–Crippen LogP) is 2.21. The van der Waals surface area contributed by atoms with Crippen LogP contribution in [0.5, 0.6) is 0 Å². The second kappa shape index (κ2) is 4.57. The van der Waals surface area contributed by atoms with Gasteiger partial charge in [-0.15, -0.1) is 0 Å². The molecular weight excluding hydrogens is 188 g/mol. The molecule has 0 aliphatic carbocycles. The number of benzene rings is 1. The summed E-state index contributed by atoms with van der Waals surface area (Å²) >= 11 is 2.82. The van der Waals surface area contributed by atoms with Crippen molar-refractivity contribution in [2.45, 2.75) is 20.5 Å². The molecule has 1 aromatic rings. The number of aryl methyl sites for hydroxylation is 1. The van der Waals surface area contributed by atoms with Crippen LogP contribution in [0.25, 0.3) is 0 Å². The van der Waals surface area contributed by atoms with E-state index >= 15 is 0 Å². The van der Waals surface area contributed by atoms with Gasteiger partial charge in [0.2, 0.25) is 0 Å². The van der Waals surface area contributed by atoms with Crippen molar-refractivity contribution in [2.24, 2.45) is 0 Å². The van der Waals surface area contributed by atoms with Crippen LogP contribution >= 0.6 is 0 Å². The number of hydrogen-bond donors (Lipinski definition) is 0. The molecule has 0 aromatic heterocycles. The van der Waals surface area contributed by atoms with Crippen LogP contribution in [0, 0.1) is 6.92 Å². The maximum absolute atomic E-state index is 5.37. The Morgan fingerprint density at radius 2 is 2.08 bits per heavy atom. The van der Waals surface area contributed by atoms with Gasteiger partial charge in [-0.2, -0.15) is 0 Å². The Morgan fingerprint density at radius 1 is 1.42 bits per heavy atom. The zero-order valence-electron chi connectivity index (χ0n) is 7.33. The molecule has 1 nitrogen and oxygen atoms in total. The summed E-state index contributed by atoms with van der Waals surface area (Å²) in [5, 5.41) is 0. The number of ether oxygens (including phenoxy) is 1. The van der Waals surface area contributed by atoms with Gasteiger partial charge in [-0.25, -0.2) is 0 Å². The summed E-state index contributed by atoms with van der Waals surface area (Å²) in [6, 6.07) is 8.24. The Labute approximate surface area is 81.3 Å². The average Bonchev–Trinajstić information content (AvgIpc) is 2.03. The van der Waals surface area contributed by atoms with E-state index in [1.807, 2.05) is 19.1 Å². The maximum atomic E-state index is 5.37. The molecule has 0 saturated carbocycles. The normalized spacial score (nSPS) is 9.83. The van der Waals surface area contributed by atoms with Crippen LogP contribution in [0.2, 0.25) is 0 Å². The molecule has 0 aliphatic rings. The SMILES string of the molecule is C[C](=[Cr])OCc1ccccc1C. The molecule has 0 bridgehead atoms. The van der Waals surface area contributed by atoms with E-state index in [1.165, 1.54) is 11.1 Å². The minimum atomic E-state index is 0.658. The topological polar surface area (TPSA) is 9.23 Å². The van der Waals surface area contributed by atoms with E-state index in [1.54, 1.807) is 0 Å². The summed E-state index contributed by atoms with van der Waals surface area (Å²) in [5.74, 6) is 0. The van der Waals surface area contributed by atoms with Gasteiger partial charge in [0.25, 0.3) is 0 Å². The fourth-order valence-corrected chi connectivity index (χ4v) is 1.04. The number of hydrogen-bond acceptors (Lipinski definition) is 1. The van der Waals surface area contributed by atoms with Gasteiger partial charge in [-0.3, -0.25) is 0 Å². The first kappa shape index (κ1) is 9.67. The zero-order chi connectivity index (χ0) is 8.97. The second-order valence-corrected chi connectivity index (χ2v) is 3.60. The van der Waals surface area contributed by atoms with Crippen LogP contribution in [0.15, 0.2) is 24.3 Å². The van der Waals surface area contributed by atoms with E-state index in [0.717, 1.165) is 4.57 Å². The third-order valence-electron chi connectivity index (χ3n) is 1.69. The number of rotatable bonds is 3. The van der Waals surface area contributed by atoms with Crippen molar-refractivity contribution < 1.29 is 20.6 Å². The third-order valence-corrected chi connectivity index (χ3v) is 1.88. The molecular formula is C10H12CrO. The van der Waals surface area contributed by atoms with Gasteiger partial charge in [-0.1, -0.05) is 0 Å². The Bertz CT molecular complexity index is 281. The van der Waals surface area contributed by atoms with Crippen molar-refractivity contribution in [2.75, 3.05) is 0 Å². The molecule has 0 amide bonds. The molecule has 0 saturated heterocycles. The van der Waals surface area contributed by atoms with Crippen LogP contribution in [0.4, 0.5) is 0 Å². The second-order valence-electron chi connectivity index (χ2n) is 2.71. The summed E-state index contributed by atoms with van der Waals surface area (Å²) in [4.78, 5) is 0. The van der Waals surface area contributed by atoms with Crippen molar-refractivity contribution in [3.8, 4) is 0 Å². The van der Waals surface area contributed by atoms with Crippen LogP contribution in [-0.4, -0.2) is 4.57 Å². The Balaban J connectivity index is 2.63. The molecule has 0 spiro atoms. The van der Waals surface area contributed by atoms with Crippen LogP contribution in [-0.2, 0) is 27.2 Å². The molecule has 2 heteroatoms. The first-order valence-corrected chi connectivity index (χ1v) is 4.52. The van der Waals surface area contributed by atoms with E-state index in [0.29, 0.717) is 6.61 Å². The van der Waals surface area contributed by atoms with Crippen molar-refractivity contribution in [3.05, 3.63) is 35.4 Å². The van der Waals surface area contributed by atoms with Crippen LogP contribution in [0.1, 0.15) is 18.1 Å². The summed E-state index contributed by atoms with van der Waals surface area (Å²) in [5.41, 5.74) is 2.52. The standard InChI is InChI=1S/C10H12O.Cr/c1-3-11-8-10-7-5-4-6-9(10)2;/h4-7H,8H2,1-2H3;. The molecule has 0 radical (unpaired) electrons. The van der Waals surface area contributed by atoms with Crippen LogP contribution < -0.4 is 0 Å². The van der Waals surface area contributed by atoms with Gasteiger partial charge in [0.05, 0.1) is 0 Å². The predicted molar refractivity (Wildman–Crippen MR) is 46.6 cm³/mol. The Hall–Kier alpha value is -0.418. The van der Waals surface area contributed by atoms with E-state index in [9.17, 15) is 0 Å². The van der Waals surface area contributed by atoms with Crippen LogP contribution in [0.3, 0.4) is 0 Å². The van der Waals surface area contributed by atoms with Gasteiger partial charge in [-0.05, 0) is 0 Å². The van der Waals surface area contributed by atoms with Crippen molar-refractivity contribution in [3.63, 3.8) is 0 Å². The third kappa shape index (κ3) is 2.91. The van der Waals surface area contributed by atoms with E-state index < -0.39 is 0 Å². The minimum absolute atomic E-state index is 0.658. The molecule has 0 aliphatic heterocycles. The van der Waals surface area contributed by atoms with Gasteiger partial charge in [0.15, 0.2) is 0 Å². The Kier molecular flexibility index (Phi) is 3.68. The fourth-order valence-electron chi connectivity index (χ4n) is 0.951. The monoisotopic (exact) mass is 200 g/mol. The van der Waals surface area contributed by atoms with E-state index in [-0.39, 0.29) is 0 Å². The molecule has 1 aromatic carbocycles.